The molecule has 0 saturated carbocycles. The smallest absolute Gasteiger partial charge is 0.245 e. The van der Waals surface area contributed by atoms with Crippen LogP contribution in [0, 0.1) is 0 Å². The molecule has 5 rings (SSSR count). The molecule has 0 aliphatic carbocycles. The van der Waals surface area contributed by atoms with Crippen LogP contribution in [-0.2, 0) is 14.8 Å². The van der Waals surface area contributed by atoms with Gasteiger partial charge in [-0.25, -0.2) is 17.9 Å². The van der Waals surface area contributed by atoms with Crippen LogP contribution in [0.25, 0.3) is 16.8 Å². The molecule has 3 heterocycles. The van der Waals surface area contributed by atoms with Crippen LogP contribution >= 0.6 is 0 Å². The largest absolute Gasteiger partial charge is 0.378 e. The summed E-state index contributed by atoms with van der Waals surface area (Å²) in [7, 11) is -3.36. The van der Waals surface area contributed by atoms with Crippen molar-refractivity contribution < 1.29 is 13.2 Å². The monoisotopic (exact) mass is 464 g/mol. The highest BCUT2D eigenvalue weighted by Gasteiger charge is 2.13. The van der Waals surface area contributed by atoms with Crippen LogP contribution in [0.4, 0.5) is 23.0 Å². The van der Waals surface area contributed by atoms with Gasteiger partial charge in [-0.3, -0.25) is 4.72 Å². The van der Waals surface area contributed by atoms with Crippen LogP contribution in [0.2, 0.25) is 0 Å². The zero-order chi connectivity index (χ0) is 22.8. The highest BCUT2D eigenvalue weighted by Crippen LogP contribution is 2.26. The number of rotatable bonds is 6. The van der Waals surface area contributed by atoms with Gasteiger partial charge in [0, 0.05) is 35.7 Å². The average molecular weight is 465 g/mol. The van der Waals surface area contributed by atoms with Gasteiger partial charge in [0.15, 0.2) is 0 Å². The Morgan fingerprint density at radius 1 is 0.970 bits per heavy atom. The van der Waals surface area contributed by atoms with Crippen molar-refractivity contribution in [1.82, 2.24) is 14.6 Å². The fourth-order valence-electron chi connectivity index (χ4n) is 3.86. The summed E-state index contributed by atoms with van der Waals surface area (Å²) in [6.07, 6.45) is 2.88. The molecule has 9 nitrogen and oxygen atoms in total. The van der Waals surface area contributed by atoms with Crippen LogP contribution in [-0.4, -0.2) is 55.6 Å². The third kappa shape index (κ3) is 4.91. The maximum Gasteiger partial charge on any atom is 0.245 e. The summed E-state index contributed by atoms with van der Waals surface area (Å²) >= 11 is 0. The molecule has 0 unspecified atom stereocenters. The summed E-state index contributed by atoms with van der Waals surface area (Å²) < 4.78 is 33.0. The van der Waals surface area contributed by atoms with Gasteiger partial charge < -0.3 is 15.0 Å². The van der Waals surface area contributed by atoms with E-state index in [1.165, 1.54) is 0 Å². The van der Waals surface area contributed by atoms with Gasteiger partial charge in [-0.1, -0.05) is 18.2 Å². The zero-order valence-electron chi connectivity index (χ0n) is 18.1. The Morgan fingerprint density at radius 2 is 1.76 bits per heavy atom. The summed E-state index contributed by atoms with van der Waals surface area (Å²) in [5.41, 5.74) is 5.02. The Labute approximate surface area is 192 Å². The van der Waals surface area contributed by atoms with Gasteiger partial charge in [0.05, 0.1) is 36.9 Å². The van der Waals surface area contributed by atoms with Crippen LogP contribution in [0.3, 0.4) is 0 Å². The van der Waals surface area contributed by atoms with Crippen molar-refractivity contribution in [1.29, 1.82) is 0 Å². The van der Waals surface area contributed by atoms with E-state index in [2.05, 4.69) is 37.2 Å². The number of fused-ring (bicyclic) bond motifs is 1. The highest BCUT2D eigenvalue weighted by molar-refractivity contribution is 7.92. The van der Waals surface area contributed by atoms with Crippen molar-refractivity contribution in [2.45, 2.75) is 0 Å². The normalized spacial score (nSPS) is 14.4. The first-order valence-electron chi connectivity index (χ1n) is 10.6. The number of benzene rings is 2. The third-order valence-electron chi connectivity index (χ3n) is 5.34. The van der Waals surface area contributed by atoms with E-state index in [0.29, 0.717) is 11.6 Å². The second-order valence-corrected chi connectivity index (χ2v) is 9.62. The van der Waals surface area contributed by atoms with Crippen molar-refractivity contribution in [3.63, 3.8) is 0 Å². The van der Waals surface area contributed by atoms with Gasteiger partial charge in [-0.05, 0) is 42.5 Å². The van der Waals surface area contributed by atoms with Gasteiger partial charge in [-0.15, -0.1) is 5.10 Å². The molecule has 0 radical (unpaired) electrons. The minimum Gasteiger partial charge on any atom is -0.378 e. The first-order valence-corrected chi connectivity index (χ1v) is 12.5. The summed E-state index contributed by atoms with van der Waals surface area (Å²) in [4.78, 5) is 6.74. The molecule has 1 aliphatic heterocycles. The average Bonchev–Trinajstić information content (AvgIpc) is 3.22. The van der Waals surface area contributed by atoms with E-state index in [-0.39, 0.29) is 0 Å². The fraction of sp³-hybridized carbons (Fsp3) is 0.217. The van der Waals surface area contributed by atoms with Gasteiger partial charge in [-0.2, -0.15) is 0 Å². The molecule has 2 aromatic heterocycles. The predicted octanol–water partition coefficient (Wildman–Crippen LogP) is 3.35. The van der Waals surface area contributed by atoms with Crippen LogP contribution < -0.4 is 14.9 Å². The summed E-state index contributed by atoms with van der Waals surface area (Å²) in [6.45, 7) is 3.20. The Hall–Kier alpha value is -3.63. The van der Waals surface area contributed by atoms with Gasteiger partial charge in [0.2, 0.25) is 16.0 Å². The molecule has 4 aromatic rings. The second-order valence-electron chi connectivity index (χ2n) is 7.87. The van der Waals surface area contributed by atoms with E-state index in [1.54, 1.807) is 28.9 Å². The molecule has 0 atom stereocenters. The molecule has 0 spiro atoms. The fourth-order valence-corrected chi connectivity index (χ4v) is 4.42. The quantitative estimate of drug-likeness (QED) is 0.451. The number of hydrogen-bond donors (Lipinski definition) is 2. The lowest BCUT2D eigenvalue weighted by atomic mass is 10.1. The Balaban J connectivity index is 1.43. The number of ether oxygens (including phenoxy) is 1. The summed E-state index contributed by atoms with van der Waals surface area (Å²) in [6, 6.07) is 19.2. The lowest BCUT2D eigenvalue weighted by Gasteiger charge is -2.29. The minimum absolute atomic E-state index is 0.462. The van der Waals surface area contributed by atoms with E-state index in [0.717, 1.165) is 60.7 Å². The van der Waals surface area contributed by atoms with E-state index < -0.39 is 10.0 Å². The molecular weight excluding hydrogens is 440 g/mol. The highest BCUT2D eigenvalue weighted by atomic mass is 32.2. The van der Waals surface area contributed by atoms with Crippen molar-refractivity contribution in [2.24, 2.45) is 0 Å². The predicted molar refractivity (Wildman–Crippen MR) is 130 cm³/mol. The molecule has 0 amide bonds. The second kappa shape index (κ2) is 8.72. The topological polar surface area (TPSA) is 101 Å². The molecular formula is C23H24N6O3S. The standard InChI is InChI=1S/C23H24N6O3S/c1-33(30,31)27-19-6-2-4-17(14-19)22-9-8-21-16-24-23(26-29(21)22)25-18-5-3-7-20(15-18)28-10-12-32-13-11-28/h2-9,14-16,27H,10-13H2,1H3,(H,25,26). The summed E-state index contributed by atoms with van der Waals surface area (Å²) in [5, 5.41) is 7.97. The van der Waals surface area contributed by atoms with Crippen LogP contribution in [0.15, 0.2) is 66.9 Å². The number of sulfonamides is 1. The van der Waals surface area contributed by atoms with Crippen LogP contribution in [0.5, 0.6) is 0 Å². The number of hydrogen-bond acceptors (Lipinski definition) is 7. The number of aromatic nitrogens is 3. The molecule has 1 fully saturated rings. The minimum atomic E-state index is -3.36. The Kier molecular flexibility index (Phi) is 5.61. The van der Waals surface area contributed by atoms with Crippen molar-refractivity contribution >= 4 is 38.6 Å². The molecule has 0 bridgehead atoms. The lowest BCUT2D eigenvalue weighted by molar-refractivity contribution is 0.122. The number of nitrogens with zero attached hydrogens (tertiary/aromatic N) is 4. The Bertz CT molecular complexity index is 1400. The summed E-state index contributed by atoms with van der Waals surface area (Å²) in [5.74, 6) is 0.462. The Morgan fingerprint density at radius 3 is 2.58 bits per heavy atom. The maximum atomic E-state index is 11.6. The van der Waals surface area contributed by atoms with E-state index in [4.69, 9.17) is 4.74 Å². The molecule has 10 heteroatoms. The van der Waals surface area contributed by atoms with Crippen LogP contribution in [0.1, 0.15) is 0 Å². The molecule has 33 heavy (non-hydrogen) atoms. The van der Waals surface area contributed by atoms with E-state index in [9.17, 15) is 8.42 Å². The van der Waals surface area contributed by atoms with Gasteiger partial charge in [0.1, 0.15) is 0 Å². The number of nitrogens with one attached hydrogen (secondary N) is 2. The molecule has 1 aliphatic rings. The van der Waals surface area contributed by atoms with E-state index in [1.807, 2.05) is 30.3 Å². The zero-order valence-corrected chi connectivity index (χ0v) is 18.9. The SMILES string of the molecule is CS(=O)(=O)Nc1cccc(-c2ccc3cnc(Nc4cccc(N5CCOCC5)c4)nn23)c1. The van der Waals surface area contributed by atoms with Gasteiger partial charge >= 0.3 is 0 Å². The maximum absolute atomic E-state index is 11.6. The first kappa shape index (κ1) is 21.2. The molecule has 1 saturated heterocycles. The lowest BCUT2D eigenvalue weighted by Crippen LogP contribution is -2.36. The number of anilines is 4. The molecule has 2 N–H and O–H groups in total. The van der Waals surface area contributed by atoms with Crippen molar-refractivity contribution in [3.05, 3.63) is 66.9 Å². The molecule has 2 aromatic carbocycles. The van der Waals surface area contributed by atoms with E-state index >= 15 is 0 Å². The molecule has 170 valence electrons. The van der Waals surface area contributed by atoms with Crippen molar-refractivity contribution in [3.8, 4) is 11.3 Å². The van der Waals surface area contributed by atoms with Crippen molar-refractivity contribution in [2.75, 3.05) is 47.5 Å². The third-order valence-corrected chi connectivity index (χ3v) is 5.95. The van der Waals surface area contributed by atoms with Gasteiger partial charge in [0.25, 0.3) is 0 Å². The first-order chi connectivity index (χ1) is 15.9. The number of morpholine rings is 1.